The molecule has 0 spiro atoms. The molecular weight excluding hydrogens is 236 g/mol. The molecule has 1 nitrogen and oxygen atoms in total. The molecule has 0 aliphatic rings. The minimum atomic E-state index is -0.619. The van der Waals surface area contributed by atoms with Gasteiger partial charge in [0, 0.05) is 11.6 Å². The van der Waals surface area contributed by atoms with Crippen LogP contribution in [0, 0.1) is 0 Å². The van der Waals surface area contributed by atoms with E-state index >= 15 is 0 Å². The minimum absolute atomic E-state index is 0.326. The van der Waals surface area contributed by atoms with Gasteiger partial charge < -0.3 is 4.43 Å². The van der Waals surface area contributed by atoms with Crippen LogP contribution in [0.2, 0.25) is 0 Å². The molecule has 2 aromatic rings. The molecule has 2 heteroatoms. The Morgan fingerprint density at radius 3 is 1.61 bits per heavy atom. The van der Waals surface area contributed by atoms with Crippen molar-refractivity contribution in [1.82, 2.24) is 0 Å². The first-order valence-electron chi connectivity index (χ1n) is 6.49. The van der Waals surface area contributed by atoms with Crippen LogP contribution in [-0.4, -0.2) is 15.9 Å². The standard InChI is InChI=1S/C16H20OSi/c1-13(2)17-18-16(14-9-5-3-6-10-14)15-11-7-4-8-12-15/h3-13,16H,18H2,1-2H3. The smallest absolute Gasteiger partial charge is 0.173 e. The summed E-state index contributed by atoms with van der Waals surface area (Å²) >= 11 is 0. The first-order chi connectivity index (χ1) is 8.77. The molecule has 0 saturated carbocycles. The van der Waals surface area contributed by atoms with Gasteiger partial charge in [0.2, 0.25) is 0 Å². The van der Waals surface area contributed by atoms with E-state index in [0.29, 0.717) is 11.6 Å². The van der Waals surface area contributed by atoms with Crippen LogP contribution in [0.5, 0.6) is 0 Å². The van der Waals surface area contributed by atoms with Gasteiger partial charge in [-0.1, -0.05) is 60.7 Å². The summed E-state index contributed by atoms with van der Waals surface area (Å²) in [6, 6.07) is 21.4. The highest BCUT2D eigenvalue weighted by Gasteiger charge is 2.15. The predicted molar refractivity (Wildman–Crippen MR) is 79.5 cm³/mol. The van der Waals surface area contributed by atoms with Crippen molar-refractivity contribution in [2.75, 3.05) is 0 Å². The van der Waals surface area contributed by atoms with Gasteiger partial charge in [-0.25, -0.2) is 0 Å². The lowest BCUT2D eigenvalue weighted by atomic mass is 10.0. The van der Waals surface area contributed by atoms with E-state index in [4.69, 9.17) is 4.43 Å². The number of hydrogen-bond donors (Lipinski definition) is 0. The summed E-state index contributed by atoms with van der Waals surface area (Å²) in [6.45, 7) is 4.22. The van der Waals surface area contributed by atoms with Crippen LogP contribution < -0.4 is 0 Å². The second-order valence-electron chi connectivity index (χ2n) is 4.76. The first kappa shape index (κ1) is 13.1. The van der Waals surface area contributed by atoms with Gasteiger partial charge in [0.05, 0.1) is 0 Å². The van der Waals surface area contributed by atoms with Crippen molar-refractivity contribution in [3.05, 3.63) is 71.8 Å². The van der Waals surface area contributed by atoms with Gasteiger partial charge in [-0.05, 0) is 25.0 Å². The average Bonchev–Trinajstić information content (AvgIpc) is 2.41. The molecule has 0 fully saturated rings. The molecule has 0 aliphatic carbocycles. The van der Waals surface area contributed by atoms with Crippen molar-refractivity contribution in [3.63, 3.8) is 0 Å². The van der Waals surface area contributed by atoms with Crippen molar-refractivity contribution in [2.24, 2.45) is 0 Å². The van der Waals surface area contributed by atoms with E-state index in [0.717, 1.165) is 0 Å². The zero-order chi connectivity index (χ0) is 12.8. The Bertz CT molecular complexity index is 414. The van der Waals surface area contributed by atoms with Crippen LogP contribution in [0.4, 0.5) is 0 Å². The molecule has 0 heterocycles. The largest absolute Gasteiger partial charge is 0.421 e. The Morgan fingerprint density at radius 1 is 0.778 bits per heavy atom. The molecule has 18 heavy (non-hydrogen) atoms. The lowest BCUT2D eigenvalue weighted by Crippen LogP contribution is -2.17. The molecule has 0 amide bonds. The number of rotatable bonds is 5. The summed E-state index contributed by atoms with van der Waals surface area (Å²) < 4.78 is 5.95. The highest BCUT2D eigenvalue weighted by atomic mass is 28.2. The van der Waals surface area contributed by atoms with Crippen molar-refractivity contribution in [1.29, 1.82) is 0 Å². The number of benzene rings is 2. The summed E-state index contributed by atoms with van der Waals surface area (Å²) in [5.41, 5.74) is 3.20. The third-order valence-corrected chi connectivity index (χ3v) is 5.14. The van der Waals surface area contributed by atoms with Crippen molar-refractivity contribution in [2.45, 2.75) is 25.5 Å². The highest BCUT2D eigenvalue weighted by molar-refractivity contribution is 6.31. The monoisotopic (exact) mass is 256 g/mol. The minimum Gasteiger partial charge on any atom is -0.421 e. The summed E-state index contributed by atoms with van der Waals surface area (Å²) in [7, 11) is -0.619. The summed E-state index contributed by atoms with van der Waals surface area (Å²) in [4.78, 5) is 0. The molecule has 0 radical (unpaired) electrons. The maximum atomic E-state index is 5.95. The zero-order valence-corrected chi connectivity index (χ0v) is 12.5. The quantitative estimate of drug-likeness (QED) is 0.746. The van der Waals surface area contributed by atoms with Crippen LogP contribution in [0.25, 0.3) is 0 Å². The highest BCUT2D eigenvalue weighted by Crippen LogP contribution is 2.23. The zero-order valence-electron chi connectivity index (χ0n) is 11.0. The molecule has 0 N–H and O–H groups in total. The molecule has 0 saturated heterocycles. The third kappa shape index (κ3) is 3.55. The molecule has 94 valence electrons. The van der Waals surface area contributed by atoms with Crippen molar-refractivity contribution in [3.8, 4) is 0 Å². The molecule has 0 aliphatic heterocycles. The van der Waals surface area contributed by atoms with Gasteiger partial charge in [-0.2, -0.15) is 0 Å². The Hall–Kier alpha value is -1.38. The maximum absolute atomic E-state index is 5.95. The Balaban J connectivity index is 2.24. The molecule has 2 rings (SSSR count). The Kier molecular flexibility index (Phi) is 4.73. The summed E-state index contributed by atoms with van der Waals surface area (Å²) in [6.07, 6.45) is 0.326. The van der Waals surface area contributed by atoms with Gasteiger partial charge in [0.25, 0.3) is 0 Å². The first-order valence-corrected chi connectivity index (χ1v) is 7.88. The molecule has 0 bridgehead atoms. The fraction of sp³-hybridized carbons (Fsp3) is 0.250. The van der Waals surface area contributed by atoms with E-state index in [1.165, 1.54) is 11.1 Å². The van der Waals surface area contributed by atoms with E-state index in [1.54, 1.807) is 0 Å². The van der Waals surface area contributed by atoms with Crippen LogP contribution in [0.1, 0.15) is 30.5 Å². The molecule has 0 atom stereocenters. The van der Waals surface area contributed by atoms with E-state index < -0.39 is 9.76 Å². The molecule has 0 unspecified atom stereocenters. The molecule has 0 aromatic heterocycles. The van der Waals surface area contributed by atoms with Crippen molar-refractivity contribution >= 4 is 9.76 Å². The van der Waals surface area contributed by atoms with Crippen molar-refractivity contribution < 1.29 is 4.43 Å². The van der Waals surface area contributed by atoms with Gasteiger partial charge in [-0.3, -0.25) is 0 Å². The third-order valence-electron chi connectivity index (χ3n) is 3.00. The van der Waals surface area contributed by atoms with Crippen LogP contribution >= 0.6 is 0 Å². The van der Waals surface area contributed by atoms with E-state index in [-0.39, 0.29) is 0 Å². The topological polar surface area (TPSA) is 9.23 Å². The lowest BCUT2D eigenvalue weighted by molar-refractivity contribution is 0.253. The molecule has 2 aromatic carbocycles. The summed E-state index contributed by atoms with van der Waals surface area (Å²) in [5, 5.41) is 0. The maximum Gasteiger partial charge on any atom is 0.173 e. The fourth-order valence-electron chi connectivity index (χ4n) is 2.04. The van der Waals surface area contributed by atoms with Gasteiger partial charge >= 0.3 is 0 Å². The lowest BCUT2D eigenvalue weighted by Gasteiger charge is -2.19. The second kappa shape index (κ2) is 6.52. The van der Waals surface area contributed by atoms with E-state index in [1.807, 2.05) is 0 Å². The summed E-state index contributed by atoms with van der Waals surface area (Å²) in [5.74, 6) is 0. The van der Waals surface area contributed by atoms with Crippen LogP contribution in [-0.2, 0) is 4.43 Å². The second-order valence-corrected chi connectivity index (χ2v) is 6.24. The predicted octanol–water partition coefficient (Wildman–Crippen LogP) is 3.28. The van der Waals surface area contributed by atoms with E-state index in [9.17, 15) is 0 Å². The Labute approximate surface area is 112 Å². The van der Waals surface area contributed by atoms with Crippen LogP contribution in [0.3, 0.4) is 0 Å². The van der Waals surface area contributed by atoms with Gasteiger partial charge in [0.15, 0.2) is 9.76 Å². The fourth-order valence-corrected chi connectivity index (χ4v) is 3.55. The normalized spacial score (nSPS) is 11.8. The number of hydrogen-bond acceptors (Lipinski definition) is 1. The SMILES string of the molecule is CC(C)O[SiH2]C(c1ccccc1)c1ccccc1. The van der Waals surface area contributed by atoms with Gasteiger partial charge in [0.1, 0.15) is 0 Å². The average molecular weight is 256 g/mol. The Morgan fingerprint density at radius 2 is 1.22 bits per heavy atom. The van der Waals surface area contributed by atoms with E-state index in [2.05, 4.69) is 74.5 Å². The molecular formula is C16H20OSi. The van der Waals surface area contributed by atoms with Crippen LogP contribution in [0.15, 0.2) is 60.7 Å². The van der Waals surface area contributed by atoms with Gasteiger partial charge in [-0.15, -0.1) is 0 Å².